The van der Waals surface area contributed by atoms with Gasteiger partial charge in [-0.2, -0.15) is 0 Å². The third-order valence-electron chi connectivity index (χ3n) is 2.60. The van der Waals surface area contributed by atoms with Crippen molar-refractivity contribution in [3.8, 4) is 0 Å². The molecule has 1 fully saturated rings. The van der Waals surface area contributed by atoms with Crippen molar-refractivity contribution in [2.75, 3.05) is 13.1 Å². The summed E-state index contributed by atoms with van der Waals surface area (Å²) in [5, 5.41) is -0.0992. The van der Waals surface area contributed by atoms with E-state index in [1.54, 1.807) is 0 Å². The molecule has 3 nitrogen and oxygen atoms in total. The van der Waals surface area contributed by atoms with Crippen LogP contribution >= 0.6 is 34.5 Å². The second-order valence-corrected chi connectivity index (χ2v) is 5.88. The SMILES string of the molecule is O=C(C(Cl)c1ncc(Cl)s1)N1CCCCC1. The minimum Gasteiger partial charge on any atom is -0.341 e. The zero-order valence-electron chi connectivity index (χ0n) is 8.66. The second kappa shape index (κ2) is 5.34. The van der Waals surface area contributed by atoms with Gasteiger partial charge in [0, 0.05) is 13.1 Å². The van der Waals surface area contributed by atoms with Gasteiger partial charge in [-0.1, -0.05) is 11.6 Å². The number of rotatable bonds is 2. The number of aromatic nitrogens is 1. The molecule has 6 heteroatoms. The molecule has 0 aromatic carbocycles. The summed E-state index contributed by atoms with van der Waals surface area (Å²) in [5.74, 6) is -0.0487. The third kappa shape index (κ3) is 2.67. The normalized spacial score (nSPS) is 18.5. The predicted octanol–water partition coefficient (Wildman–Crippen LogP) is 3.09. The molecule has 0 N–H and O–H groups in total. The second-order valence-electron chi connectivity index (χ2n) is 3.75. The smallest absolute Gasteiger partial charge is 0.247 e. The van der Waals surface area contributed by atoms with Crippen LogP contribution in [0.1, 0.15) is 29.6 Å². The Morgan fingerprint density at radius 2 is 2.12 bits per heavy atom. The molecule has 0 aliphatic carbocycles. The van der Waals surface area contributed by atoms with Crippen LogP contribution in [-0.4, -0.2) is 28.9 Å². The van der Waals surface area contributed by atoms with Crippen LogP contribution in [0.4, 0.5) is 0 Å². The van der Waals surface area contributed by atoms with Crippen molar-refractivity contribution in [2.45, 2.75) is 24.6 Å². The van der Waals surface area contributed by atoms with E-state index in [1.807, 2.05) is 4.90 Å². The Kier molecular flexibility index (Phi) is 4.05. The largest absolute Gasteiger partial charge is 0.341 e. The van der Waals surface area contributed by atoms with E-state index in [4.69, 9.17) is 23.2 Å². The lowest BCUT2D eigenvalue weighted by Crippen LogP contribution is -2.37. The number of hydrogen-bond donors (Lipinski definition) is 0. The molecule has 0 radical (unpaired) electrons. The highest BCUT2D eigenvalue weighted by Gasteiger charge is 2.27. The standard InChI is InChI=1S/C10H12Cl2N2OS/c11-7-6-13-9(16-7)8(12)10(15)14-4-2-1-3-5-14/h6,8H,1-5H2. The first kappa shape index (κ1) is 12.1. The van der Waals surface area contributed by atoms with Crippen molar-refractivity contribution in [1.82, 2.24) is 9.88 Å². The van der Waals surface area contributed by atoms with Crippen LogP contribution in [0.15, 0.2) is 6.20 Å². The molecule has 16 heavy (non-hydrogen) atoms. The summed E-state index contributed by atoms with van der Waals surface area (Å²) in [6, 6.07) is 0. The molecule has 2 rings (SSSR count). The van der Waals surface area contributed by atoms with Gasteiger partial charge in [0.15, 0.2) is 5.38 Å². The van der Waals surface area contributed by atoms with Crippen molar-refractivity contribution in [1.29, 1.82) is 0 Å². The average Bonchev–Trinajstić information content (AvgIpc) is 2.75. The summed E-state index contributed by atoms with van der Waals surface area (Å²) in [6.07, 6.45) is 4.85. The molecule has 1 aliphatic heterocycles. The number of alkyl halides is 1. The zero-order valence-corrected chi connectivity index (χ0v) is 11.0. The maximum Gasteiger partial charge on any atom is 0.247 e. The number of amides is 1. The van der Waals surface area contributed by atoms with E-state index >= 15 is 0 Å². The van der Waals surface area contributed by atoms with Crippen molar-refractivity contribution in [3.63, 3.8) is 0 Å². The molecule has 1 aromatic heterocycles. The van der Waals surface area contributed by atoms with Crippen LogP contribution in [0.25, 0.3) is 0 Å². The third-order valence-corrected chi connectivity index (χ3v) is 4.30. The number of carbonyl (C=O) groups excluding carboxylic acids is 1. The molecule has 1 aromatic rings. The molecular weight excluding hydrogens is 267 g/mol. The Bertz CT molecular complexity index is 377. The number of halogens is 2. The van der Waals surface area contributed by atoms with Gasteiger partial charge < -0.3 is 4.90 Å². The Morgan fingerprint density at radius 3 is 2.69 bits per heavy atom. The van der Waals surface area contributed by atoms with E-state index in [-0.39, 0.29) is 5.91 Å². The van der Waals surface area contributed by atoms with Crippen LogP contribution in [0.5, 0.6) is 0 Å². The maximum atomic E-state index is 12.0. The van der Waals surface area contributed by atoms with Gasteiger partial charge in [0.05, 0.1) is 6.20 Å². The fourth-order valence-electron chi connectivity index (χ4n) is 1.76. The maximum absolute atomic E-state index is 12.0. The van der Waals surface area contributed by atoms with Crippen LogP contribution in [-0.2, 0) is 4.79 Å². The highest BCUT2D eigenvalue weighted by atomic mass is 35.5. The summed E-state index contributed by atoms with van der Waals surface area (Å²) < 4.78 is 0.562. The van der Waals surface area contributed by atoms with Gasteiger partial charge >= 0.3 is 0 Å². The van der Waals surface area contributed by atoms with Crippen molar-refractivity contribution >= 4 is 40.4 Å². The summed E-state index contributed by atoms with van der Waals surface area (Å²) in [5.41, 5.74) is 0. The molecule has 0 saturated carbocycles. The number of carbonyl (C=O) groups is 1. The van der Waals surface area contributed by atoms with Crippen molar-refractivity contribution < 1.29 is 4.79 Å². The predicted molar refractivity (Wildman–Crippen MR) is 66.1 cm³/mol. The van der Waals surface area contributed by atoms with Crippen molar-refractivity contribution in [2.24, 2.45) is 0 Å². The minimum absolute atomic E-state index is 0.0487. The Hall–Kier alpha value is -0.320. The van der Waals surface area contributed by atoms with Crippen molar-refractivity contribution in [3.05, 3.63) is 15.5 Å². The first-order valence-corrected chi connectivity index (χ1v) is 6.85. The molecule has 0 bridgehead atoms. The lowest BCUT2D eigenvalue weighted by atomic mass is 10.1. The summed E-state index contributed by atoms with van der Waals surface area (Å²) in [7, 11) is 0. The Labute approximate surface area is 108 Å². The van der Waals surface area contributed by atoms with Crippen LogP contribution < -0.4 is 0 Å². The van der Waals surface area contributed by atoms with Gasteiger partial charge in [0.2, 0.25) is 5.91 Å². The fraction of sp³-hybridized carbons (Fsp3) is 0.600. The number of likely N-dealkylation sites (tertiary alicyclic amines) is 1. The van der Waals surface area contributed by atoms with E-state index in [1.165, 1.54) is 24.0 Å². The molecular formula is C10H12Cl2N2OS. The van der Waals surface area contributed by atoms with Gasteiger partial charge in [-0.05, 0) is 19.3 Å². The topological polar surface area (TPSA) is 33.2 Å². The van der Waals surface area contributed by atoms with Crippen LogP contribution in [0.3, 0.4) is 0 Å². The number of piperidine rings is 1. The lowest BCUT2D eigenvalue weighted by Gasteiger charge is -2.27. The fourth-order valence-corrected chi connectivity index (χ4v) is 2.99. The highest BCUT2D eigenvalue weighted by Crippen LogP contribution is 2.30. The molecule has 1 amide bonds. The number of hydrogen-bond acceptors (Lipinski definition) is 3. The molecule has 1 aliphatic rings. The van der Waals surface area contributed by atoms with Gasteiger partial charge in [-0.15, -0.1) is 22.9 Å². The molecule has 1 saturated heterocycles. The number of thiazole rings is 1. The molecule has 1 unspecified atom stereocenters. The monoisotopic (exact) mass is 278 g/mol. The van der Waals surface area contributed by atoms with Gasteiger partial charge in [-0.3, -0.25) is 4.79 Å². The van der Waals surface area contributed by atoms with Crippen LogP contribution in [0.2, 0.25) is 4.34 Å². The van der Waals surface area contributed by atoms with Gasteiger partial charge in [0.1, 0.15) is 9.34 Å². The van der Waals surface area contributed by atoms with E-state index in [2.05, 4.69) is 4.98 Å². The summed E-state index contributed by atoms with van der Waals surface area (Å²) in [4.78, 5) is 17.9. The van der Waals surface area contributed by atoms with E-state index < -0.39 is 5.38 Å². The zero-order chi connectivity index (χ0) is 11.5. The first-order valence-electron chi connectivity index (χ1n) is 5.22. The molecule has 1 atom stereocenters. The Balaban J connectivity index is 2.03. The highest BCUT2D eigenvalue weighted by molar-refractivity contribution is 7.16. The van der Waals surface area contributed by atoms with E-state index in [9.17, 15) is 4.79 Å². The van der Waals surface area contributed by atoms with E-state index in [0.29, 0.717) is 9.34 Å². The molecule has 2 heterocycles. The minimum atomic E-state index is -0.685. The first-order chi connectivity index (χ1) is 7.68. The summed E-state index contributed by atoms with van der Waals surface area (Å²) >= 11 is 13.1. The molecule has 88 valence electrons. The van der Waals surface area contributed by atoms with Crippen LogP contribution in [0, 0.1) is 0 Å². The molecule has 0 spiro atoms. The van der Waals surface area contributed by atoms with Gasteiger partial charge in [-0.25, -0.2) is 4.98 Å². The lowest BCUT2D eigenvalue weighted by molar-refractivity contribution is -0.131. The number of nitrogens with zero attached hydrogens (tertiary/aromatic N) is 2. The quantitative estimate of drug-likeness (QED) is 0.779. The summed E-state index contributed by atoms with van der Waals surface area (Å²) in [6.45, 7) is 1.61. The Morgan fingerprint density at radius 1 is 1.44 bits per heavy atom. The van der Waals surface area contributed by atoms with Gasteiger partial charge in [0.25, 0.3) is 0 Å². The average molecular weight is 279 g/mol. The van der Waals surface area contributed by atoms with E-state index in [0.717, 1.165) is 25.9 Å².